The highest BCUT2D eigenvalue weighted by atomic mass is 15.2. The molecule has 1 aromatic rings. The molecule has 16 heavy (non-hydrogen) atoms. The first-order valence-corrected chi connectivity index (χ1v) is 6.39. The Bertz CT molecular complexity index is 400. The van der Waals surface area contributed by atoms with Gasteiger partial charge in [-0.2, -0.15) is 0 Å². The molecule has 1 aromatic carbocycles. The van der Waals surface area contributed by atoms with Crippen molar-refractivity contribution in [2.45, 2.75) is 32.2 Å². The summed E-state index contributed by atoms with van der Waals surface area (Å²) in [6.07, 6.45) is 1.28. The van der Waals surface area contributed by atoms with E-state index in [-0.39, 0.29) is 0 Å². The first-order valence-electron chi connectivity index (χ1n) is 6.39. The van der Waals surface area contributed by atoms with E-state index < -0.39 is 0 Å². The second-order valence-electron chi connectivity index (χ2n) is 5.01. The molecule has 0 amide bonds. The van der Waals surface area contributed by atoms with Crippen molar-refractivity contribution in [1.29, 1.82) is 0 Å². The van der Waals surface area contributed by atoms with Gasteiger partial charge in [0, 0.05) is 30.7 Å². The summed E-state index contributed by atoms with van der Waals surface area (Å²) < 4.78 is 0. The van der Waals surface area contributed by atoms with Gasteiger partial charge < -0.3 is 10.2 Å². The summed E-state index contributed by atoms with van der Waals surface area (Å²) in [7, 11) is 0. The maximum absolute atomic E-state index is 3.53. The van der Waals surface area contributed by atoms with Crippen LogP contribution in [-0.2, 0) is 0 Å². The largest absolute Gasteiger partial charge is 0.368 e. The molecule has 2 heterocycles. The number of hydrogen-bond donors (Lipinski definition) is 1. The Morgan fingerprint density at radius 1 is 1.44 bits per heavy atom. The van der Waals surface area contributed by atoms with Crippen LogP contribution in [0.5, 0.6) is 0 Å². The number of nitrogens with zero attached hydrogens (tertiary/aromatic N) is 1. The third-order valence-corrected chi connectivity index (χ3v) is 4.08. The molecule has 2 aliphatic heterocycles. The fourth-order valence-electron chi connectivity index (χ4n) is 3.35. The average Bonchev–Trinajstić information content (AvgIpc) is 2.62. The van der Waals surface area contributed by atoms with Crippen molar-refractivity contribution < 1.29 is 0 Å². The van der Waals surface area contributed by atoms with Gasteiger partial charge in [0.15, 0.2) is 0 Å². The van der Waals surface area contributed by atoms with Gasteiger partial charge in [-0.25, -0.2) is 0 Å². The molecular formula is C14H20N2. The monoisotopic (exact) mass is 216 g/mol. The summed E-state index contributed by atoms with van der Waals surface area (Å²) in [5.74, 6) is 0.712. The van der Waals surface area contributed by atoms with Crippen LogP contribution in [-0.4, -0.2) is 25.7 Å². The van der Waals surface area contributed by atoms with Crippen LogP contribution >= 0.6 is 0 Å². The lowest BCUT2D eigenvalue weighted by Crippen LogP contribution is -2.44. The van der Waals surface area contributed by atoms with E-state index in [9.17, 15) is 0 Å². The molecule has 1 fully saturated rings. The lowest BCUT2D eigenvalue weighted by atomic mass is 9.89. The van der Waals surface area contributed by atoms with Crippen LogP contribution < -0.4 is 10.2 Å². The summed E-state index contributed by atoms with van der Waals surface area (Å²) in [4.78, 5) is 2.60. The van der Waals surface area contributed by atoms with Crippen LogP contribution in [0.3, 0.4) is 0 Å². The smallest absolute Gasteiger partial charge is 0.0405 e. The van der Waals surface area contributed by atoms with Gasteiger partial charge in [-0.05, 0) is 38.4 Å². The number of rotatable bonds is 1. The number of likely N-dealkylation sites (N-methyl/N-ethyl adjacent to an activating group) is 1. The molecule has 2 unspecified atom stereocenters. The molecule has 0 aromatic heterocycles. The van der Waals surface area contributed by atoms with Gasteiger partial charge in [0.2, 0.25) is 0 Å². The van der Waals surface area contributed by atoms with E-state index in [2.05, 4.69) is 42.3 Å². The van der Waals surface area contributed by atoms with Gasteiger partial charge in [0.1, 0.15) is 0 Å². The Labute approximate surface area is 97.6 Å². The Morgan fingerprint density at radius 3 is 3.12 bits per heavy atom. The minimum absolute atomic E-state index is 0.712. The van der Waals surface area contributed by atoms with E-state index in [0.29, 0.717) is 5.92 Å². The first-order chi connectivity index (χ1) is 7.81. The normalized spacial score (nSPS) is 27.8. The molecule has 1 N–H and O–H groups in total. The third-order valence-electron chi connectivity index (χ3n) is 4.08. The summed E-state index contributed by atoms with van der Waals surface area (Å²) in [5.41, 5.74) is 4.44. The Hall–Kier alpha value is -1.02. The lowest BCUT2D eigenvalue weighted by molar-refractivity contribution is 0.406. The molecule has 1 saturated heterocycles. The van der Waals surface area contributed by atoms with Crippen molar-refractivity contribution >= 4 is 5.69 Å². The molecule has 2 nitrogen and oxygen atoms in total. The van der Waals surface area contributed by atoms with Gasteiger partial charge >= 0.3 is 0 Å². The standard InChI is InChI=1S/C14H20N2/c1-3-16-13-5-4-10(2)8-11(13)12-9-15-7-6-14(12)16/h4-5,8,12,14-15H,3,6-7,9H2,1-2H3. The second kappa shape index (κ2) is 3.77. The molecule has 86 valence electrons. The molecule has 2 heteroatoms. The van der Waals surface area contributed by atoms with Crippen molar-refractivity contribution in [2.75, 3.05) is 24.5 Å². The van der Waals surface area contributed by atoms with E-state index in [0.717, 1.165) is 19.1 Å². The number of aryl methyl sites for hydroxylation is 1. The zero-order valence-electron chi connectivity index (χ0n) is 10.2. The molecule has 0 radical (unpaired) electrons. The van der Waals surface area contributed by atoms with Crippen LogP contribution in [0, 0.1) is 6.92 Å². The maximum Gasteiger partial charge on any atom is 0.0405 e. The maximum atomic E-state index is 3.53. The van der Waals surface area contributed by atoms with Crippen molar-refractivity contribution in [3.63, 3.8) is 0 Å². The van der Waals surface area contributed by atoms with E-state index in [1.807, 2.05) is 0 Å². The van der Waals surface area contributed by atoms with Gasteiger partial charge in [0.05, 0.1) is 0 Å². The second-order valence-corrected chi connectivity index (χ2v) is 5.01. The van der Waals surface area contributed by atoms with E-state index >= 15 is 0 Å². The molecule has 0 spiro atoms. The van der Waals surface area contributed by atoms with Crippen LogP contribution in [0.15, 0.2) is 18.2 Å². The average molecular weight is 216 g/mol. The zero-order valence-corrected chi connectivity index (χ0v) is 10.2. The van der Waals surface area contributed by atoms with Crippen molar-refractivity contribution in [2.24, 2.45) is 0 Å². The van der Waals surface area contributed by atoms with Gasteiger partial charge in [-0.15, -0.1) is 0 Å². The van der Waals surface area contributed by atoms with Crippen LogP contribution in [0.1, 0.15) is 30.4 Å². The number of nitrogens with one attached hydrogen (secondary N) is 1. The molecule has 2 aliphatic rings. The fourth-order valence-corrected chi connectivity index (χ4v) is 3.35. The van der Waals surface area contributed by atoms with Crippen LogP contribution in [0.2, 0.25) is 0 Å². The summed E-state index contributed by atoms with van der Waals surface area (Å²) >= 11 is 0. The van der Waals surface area contributed by atoms with E-state index in [1.165, 1.54) is 24.2 Å². The Balaban J connectivity index is 2.06. The number of fused-ring (bicyclic) bond motifs is 3. The molecule has 0 saturated carbocycles. The summed E-state index contributed by atoms with van der Waals surface area (Å²) in [6.45, 7) is 7.92. The Kier molecular flexibility index (Phi) is 2.40. The first kappa shape index (κ1) is 10.2. The van der Waals surface area contributed by atoms with E-state index in [1.54, 1.807) is 5.56 Å². The van der Waals surface area contributed by atoms with Gasteiger partial charge in [-0.3, -0.25) is 0 Å². The third kappa shape index (κ3) is 1.36. The van der Waals surface area contributed by atoms with E-state index in [4.69, 9.17) is 0 Å². The predicted octanol–water partition coefficient (Wildman–Crippen LogP) is 2.28. The minimum atomic E-state index is 0.712. The molecule has 3 rings (SSSR count). The van der Waals surface area contributed by atoms with Crippen LogP contribution in [0.25, 0.3) is 0 Å². The SMILES string of the molecule is CCN1c2ccc(C)cc2C2CNCCC21. The highest BCUT2D eigenvalue weighted by Crippen LogP contribution is 2.43. The van der Waals surface area contributed by atoms with Crippen molar-refractivity contribution in [3.8, 4) is 0 Å². The summed E-state index contributed by atoms with van der Waals surface area (Å²) in [6, 6.07) is 7.68. The topological polar surface area (TPSA) is 15.3 Å². The van der Waals surface area contributed by atoms with Crippen molar-refractivity contribution in [1.82, 2.24) is 5.32 Å². The van der Waals surface area contributed by atoms with Crippen LogP contribution in [0.4, 0.5) is 5.69 Å². The highest BCUT2D eigenvalue weighted by molar-refractivity contribution is 5.63. The van der Waals surface area contributed by atoms with Crippen molar-refractivity contribution in [3.05, 3.63) is 29.3 Å². The fraction of sp³-hybridized carbons (Fsp3) is 0.571. The molecule has 2 atom stereocenters. The van der Waals surface area contributed by atoms with Gasteiger partial charge in [0.25, 0.3) is 0 Å². The summed E-state index contributed by atoms with van der Waals surface area (Å²) in [5, 5.41) is 3.53. The zero-order chi connectivity index (χ0) is 11.1. The number of anilines is 1. The number of benzene rings is 1. The van der Waals surface area contributed by atoms with Gasteiger partial charge in [-0.1, -0.05) is 17.7 Å². The number of hydrogen-bond acceptors (Lipinski definition) is 2. The highest BCUT2D eigenvalue weighted by Gasteiger charge is 2.38. The molecule has 0 aliphatic carbocycles. The molecule has 0 bridgehead atoms. The Morgan fingerprint density at radius 2 is 2.31 bits per heavy atom. The minimum Gasteiger partial charge on any atom is -0.368 e. The predicted molar refractivity (Wildman–Crippen MR) is 68.2 cm³/mol. The number of piperidine rings is 1. The quantitative estimate of drug-likeness (QED) is 0.775. The molecular weight excluding hydrogens is 196 g/mol. The lowest BCUT2D eigenvalue weighted by Gasteiger charge is -2.33.